The standard InChI is InChI=1S/C22H27N3O2/c1-22(2,3)21(26)23-14-13-20-24-18-11-7-8-12-19(18)25(20)15-16-27-17-9-5-4-6-10-17/h4-12H,13-16H2,1-3H3,(H,23,26). The highest BCUT2D eigenvalue weighted by molar-refractivity contribution is 5.81. The van der Waals surface area contributed by atoms with Crippen molar-refractivity contribution in [1.82, 2.24) is 14.9 Å². The number of carbonyl (C=O) groups excluding carboxylic acids is 1. The first-order valence-corrected chi connectivity index (χ1v) is 9.35. The van der Waals surface area contributed by atoms with Crippen molar-refractivity contribution in [3.8, 4) is 5.75 Å². The first-order valence-electron chi connectivity index (χ1n) is 9.35. The van der Waals surface area contributed by atoms with Crippen LogP contribution >= 0.6 is 0 Å². The fourth-order valence-electron chi connectivity index (χ4n) is 2.89. The monoisotopic (exact) mass is 365 g/mol. The molecule has 142 valence electrons. The summed E-state index contributed by atoms with van der Waals surface area (Å²) < 4.78 is 8.03. The number of para-hydroxylation sites is 3. The normalized spacial score (nSPS) is 11.5. The lowest BCUT2D eigenvalue weighted by Crippen LogP contribution is -2.36. The second-order valence-corrected chi connectivity index (χ2v) is 7.59. The van der Waals surface area contributed by atoms with Crippen molar-refractivity contribution in [3.63, 3.8) is 0 Å². The minimum atomic E-state index is -0.385. The van der Waals surface area contributed by atoms with Crippen LogP contribution in [0.15, 0.2) is 54.6 Å². The molecule has 0 atom stereocenters. The number of carbonyl (C=O) groups is 1. The molecule has 27 heavy (non-hydrogen) atoms. The lowest BCUT2D eigenvalue weighted by Gasteiger charge is -2.17. The fraction of sp³-hybridized carbons (Fsp3) is 0.364. The average molecular weight is 365 g/mol. The molecular formula is C22H27N3O2. The van der Waals surface area contributed by atoms with E-state index in [1.54, 1.807) is 0 Å². The van der Waals surface area contributed by atoms with Crippen molar-refractivity contribution >= 4 is 16.9 Å². The van der Waals surface area contributed by atoms with Gasteiger partial charge in [-0.25, -0.2) is 4.98 Å². The largest absolute Gasteiger partial charge is 0.492 e. The van der Waals surface area contributed by atoms with Crippen LogP contribution in [0.5, 0.6) is 5.75 Å². The average Bonchev–Trinajstić information content (AvgIpc) is 2.99. The van der Waals surface area contributed by atoms with Gasteiger partial charge in [0.05, 0.1) is 17.6 Å². The van der Waals surface area contributed by atoms with Gasteiger partial charge in [0.25, 0.3) is 0 Å². The van der Waals surface area contributed by atoms with E-state index in [1.165, 1.54) is 0 Å². The number of amides is 1. The molecule has 0 saturated heterocycles. The molecule has 0 aliphatic heterocycles. The topological polar surface area (TPSA) is 56.2 Å². The number of fused-ring (bicyclic) bond motifs is 1. The Hall–Kier alpha value is -2.82. The molecule has 0 spiro atoms. The zero-order chi connectivity index (χ0) is 19.3. The number of hydrogen-bond donors (Lipinski definition) is 1. The van der Waals surface area contributed by atoms with Crippen molar-refractivity contribution in [2.24, 2.45) is 5.41 Å². The molecule has 1 N–H and O–H groups in total. The van der Waals surface area contributed by atoms with Crippen LogP contribution < -0.4 is 10.1 Å². The van der Waals surface area contributed by atoms with Crippen molar-refractivity contribution in [2.75, 3.05) is 13.2 Å². The number of hydrogen-bond acceptors (Lipinski definition) is 3. The van der Waals surface area contributed by atoms with Crippen LogP contribution in [-0.4, -0.2) is 28.6 Å². The van der Waals surface area contributed by atoms with Crippen molar-refractivity contribution < 1.29 is 9.53 Å². The minimum absolute atomic E-state index is 0.0533. The molecule has 0 unspecified atom stereocenters. The van der Waals surface area contributed by atoms with Crippen molar-refractivity contribution in [2.45, 2.75) is 33.7 Å². The van der Waals surface area contributed by atoms with Gasteiger partial charge in [0.1, 0.15) is 18.2 Å². The van der Waals surface area contributed by atoms with Crippen LogP contribution in [0, 0.1) is 5.41 Å². The Bertz CT molecular complexity index is 895. The van der Waals surface area contributed by atoms with Gasteiger partial charge in [0, 0.05) is 18.4 Å². The Balaban J connectivity index is 1.68. The molecule has 0 aliphatic carbocycles. The molecule has 3 rings (SSSR count). The van der Waals surface area contributed by atoms with Gasteiger partial charge in [-0.3, -0.25) is 4.79 Å². The maximum Gasteiger partial charge on any atom is 0.225 e. The van der Waals surface area contributed by atoms with Gasteiger partial charge >= 0.3 is 0 Å². The molecule has 0 bridgehead atoms. The smallest absolute Gasteiger partial charge is 0.225 e. The van der Waals surface area contributed by atoms with Crippen LogP contribution in [0.1, 0.15) is 26.6 Å². The van der Waals surface area contributed by atoms with E-state index < -0.39 is 0 Å². The summed E-state index contributed by atoms with van der Waals surface area (Å²) in [6, 6.07) is 17.9. The fourth-order valence-corrected chi connectivity index (χ4v) is 2.89. The number of rotatable bonds is 7. The summed E-state index contributed by atoms with van der Waals surface area (Å²) in [5.74, 6) is 1.88. The molecule has 1 amide bonds. The summed E-state index contributed by atoms with van der Waals surface area (Å²) in [5, 5.41) is 3.00. The predicted molar refractivity (Wildman–Crippen MR) is 108 cm³/mol. The van der Waals surface area contributed by atoms with E-state index in [9.17, 15) is 4.79 Å². The summed E-state index contributed by atoms with van der Waals surface area (Å²) in [7, 11) is 0. The Morgan fingerprint density at radius 2 is 1.78 bits per heavy atom. The van der Waals surface area contributed by atoms with Gasteiger partial charge in [-0.2, -0.15) is 0 Å². The van der Waals surface area contributed by atoms with Crippen LogP contribution in [0.25, 0.3) is 11.0 Å². The number of aromatic nitrogens is 2. The molecule has 2 aromatic carbocycles. The second kappa shape index (κ2) is 8.25. The first kappa shape index (κ1) is 19.0. The van der Waals surface area contributed by atoms with Gasteiger partial charge < -0.3 is 14.6 Å². The molecule has 0 aliphatic rings. The Morgan fingerprint density at radius 1 is 1.07 bits per heavy atom. The zero-order valence-corrected chi connectivity index (χ0v) is 16.2. The first-order chi connectivity index (χ1) is 12.9. The van der Waals surface area contributed by atoms with Crippen LogP contribution in [0.4, 0.5) is 0 Å². The summed E-state index contributed by atoms with van der Waals surface area (Å²) in [6.07, 6.45) is 0.682. The van der Waals surface area contributed by atoms with E-state index >= 15 is 0 Å². The van der Waals surface area contributed by atoms with Crippen LogP contribution in [-0.2, 0) is 17.8 Å². The highest BCUT2D eigenvalue weighted by Crippen LogP contribution is 2.17. The molecule has 1 heterocycles. The van der Waals surface area contributed by atoms with Gasteiger partial charge in [-0.1, -0.05) is 51.1 Å². The number of nitrogens with one attached hydrogen (secondary N) is 1. The van der Waals surface area contributed by atoms with Gasteiger partial charge in [0.2, 0.25) is 5.91 Å². The summed E-state index contributed by atoms with van der Waals surface area (Å²) >= 11 is 0. The maximum absolute atomic E-state index is 12.1. The molecule has 0 saturated carbocycles. The predicted octanol–water partition coefficient (Wildman–Crippen LogP) is 3.82. The molecular weight excluding hydrogens is 338 g/mol. The number of imidazole rings is 1. The lowest BCUT2D eigenvalue weighted by atomic mass is 9.96. The van der Waals surface area contributed by atoms with Crippen LogP contribution in [0.3, 0.4) is 0 Å². The molecule has 3 aromatic rings. The molecule has 5 heteroatoms. The molecule has 5 nitrogen and oxygen atoms in total. The van der Waals surface area contributed by atoms with E-state index in [0.717, 1.165) is 22.6 Å². The molecule has 0 radical (unpaired) electrons. The summed E-state index contributed by atoms with van der Waals surface area (Å²) in [6.45, 7) is 7.58. The maximum atomic E-state index is 12.1. The highest BCUT2D eigenvalue weighted by Gasteiger charge is 2.20. The van der Waals surface area contributed by atoms with Gasteiger partial charge in [-0.15, -0.1) is 0 Å². The Kier molecular flexibility index (Phi) is 5.79. The minimum Gasteiger partial charge on any atom is -0.492 e. The van der Waals surface area contributed by atoms with Crippen LogP contribution in [0.2, 0.25) is 0 Å². The van der Waals surface area contributed by atoms with Crippen molar-refractivity contribution in [3.05, 3.63) is 60.4 Å². The van der Waals surface area contributed by atoms with E-state index in [1.807, 2.05) is 69.3 Å². The molecule has 1 aromatic heterocycles. The van der Waals surface area contributed by atoms with Gasteiger partial charge in [0.15, 0.2) is 0 Å². The zero-order valence-electron chi connectivity index (χ0n) is 16.2. The number of benzene rings is 2. The Morgan fingerprint density at radius 3 is 2.52 bits per heavy atom. The van der Waals surface area contributed by atoms with E-state index in [2.05, 4.69) is 16.0 Å². The second-order valence-electron chi connectivity index (χ2n) is 7.59. The highest BCUT2D eigenvalue weighted by atomic mass is 16.5. The summed E-state index contributed by atoms with van der Waals surface area (Å²) in [5.41, 5.74) is 1.67. The number of nitrogens with zero attached hydrogens (tertiary/aromatic N) is 2. The SMILES string of the molecule is CC(C)(C)C(=O)NCCc1nc2ccccc2n1CCOc1ccccc1. The van der Waals surface area contributed by atoms with E-state index in [4.69, 9.17) is 9.72 Å². The van der Waals surface area contributed by atoms with Gasteiger partial charge in [-0.05, 0) is 24.3 Å². The number of ether oxygens (including phenoxy) is 1. The molecule has 0 fully saturated rings. The summed E-state index contributed by atoms with van der Waals surface area (Å²) in [4.78, 5) is 16.8. The third-order valence-corrected chi connectivity index (χ3v) is 4.38. The quantitative estimate of drug-likeness (QED) is 0.692. The third kappa shape index (κ3) is 4.88. The third-order valence-electron chi connectivity index (χ3n) is 4.38. The van der Waals surface area contributed by atoms with Crippen molar-refractivity contribution in [1.29, 1.82) is 0 Å². The Labute approximate surface area is 160 Å². The van der Waals surface area contributed by atoms with E-state index in [-0.39, 0.29) is 11.3 Å². The van der Waals surface area contributed by atoms with E-state index in [0.29, 0.717) is 26.1 Å². The lowest BCUT2D eigenvalue weighted by molar-refractivity contribution is -0.128.